The van der Waals surface area contributed by atoms with Gasteiger partial charge in [0.15, 0.2) is 5.82 Å². The van der Waals surface area contributed by atoms with Crippen LogP contribution in [0.4, 0.5) is 0 Å². The van der Waals surface area contributed by atoms with Crippen molar-refractivity contribution >= 4 is 0 Å². The molecule has 2 heterocycles. The summed E-state index contributed by atoms with van der Waals surface area (Å²) in [6.07, 6.45) is 2.82. The topological polar surface area (TPSA) is 79.6 Å². The van der Waals surface area contributed by atoms with Crippen LogP contribution >= 0.6 is 0 Å². The third-order valence-corrected chi connectivity index (χ3v) is 5.18. The summed E-state index contributed by atoms with van der Waals surface area (Å²) >= 11 is 0. The number of H-pyrrole nitrogens is 1. The number of aromatic nitrogens is 5. The zero-order valence-corrected chi connectivity index (χ0v) is 14.7. The summed E-state index contributed by atoms with van der Waals surface area (Å²) in [6.45, 7) is 4.54. The Morgan fingerprint density at radius 3 is 2.56 bits per heavy atom. The van der Waals surface area contributed by atoms with E-state index >= 15 is 0 Å². The summed E-state index contributed by atoms with van der Waals surface area (Å²) in [7, 11) is 0. The van der Waals surface area contributed by atoms with E-state index in [9.17, 15) is 5.11 Å². The van der Waals surface area contributed by atoms with Crippen molar-refractivity contribution in [3.8, 4) is 0 Å². The quantitative estimate of drug-likeness (QED) is 0.723. The first-order chi connectivity index (χ1) is 12.1. The van der Waals surface area contributed by atoms with Crippen LogP contribution in [-0.4, -0.2) is 36.7 Å². The van der Waals surface area contributed by atoms with E-state index in [1.54, 1.807) is 0 Å². The lowest BCUT2D eigenvalue weighted by molar-refractivity contribution is 0.267. The molecule has 0 aliphatic heterocycles. The third-order valence-electron chi connectivity index (χ3n) is 5.18. The fourth-order valence-corrected chi connectivity index (χ4v) is 3.50. The van der Waals surface area contributed by atoms with E-state index in [-0.39, 0.29) is 12.0 Å². The van der Waals surface area contributed by atoms with Gasteiger partial charge in [0, 0.05) is 17.7 Å². The standard InChI is InChI=1S/C19H23N5O/c1-13-16(14(2)22-21-13)12-17-20-18(23-24(17)10-11-25)19(8-9-19)15-6-4-3-5-7-15/h3-7,25H,8-12H2,1-2H3,(H,21,22). The highest BCUT2D eigenvalue weighted by atomic mass is 16.3. The van der Waals surface area contributed by atoms with Crippen molar-refractivity contribution in [2.45, 2.75) is 45.1 Å². The summed E-state index contributed by atoms with van der Waals surface area (Å²) < 4.78 is 1.85. The number of aromatic amines is 1. The number of aliphatic hydroxyl groups excluding tert-OH is 1. The van der Waals surface area contributed by atoms with Crippen LogP contribution in [0.25, 0.3) is 0 Å². The Balaban J connectivity index is 1.72. The molecule has 130 valence electrons. The molecule has 25 heavy (non-hydrogen) atoms. The van der Waals surface area contributed by atoms with Crippen LogP contribution in [0, 0.1) is 13.8 Å². The van der Waals surface area contributed by atoms with Gasteiger partial charge in [-0.2, -0.15) is 10.2 Å². The first-order valence-electron chi connectivity index (χ1n) is 8.75. The summed E-state index contributed by atoms with van der Waals surface area (Å²) in [5.74, 6) is 1.76. The van der Waals surface area contributed by atoms with Crippen LogP contribution in [-0.2, 0) is 18.4 Å². The predicted octanol–water partition coefficient (Wildman–Crippen LogP) is 2.28. The summed E-state index contributed by atoms with van der Waals surface area (Å²) in [5, 5.41) is 21.5. The second-order valence-corrected chi connectivity index (χ2v) is 6.84. The smallest absolute Gasteiger partial charge is 0.161 e. The Hall–Kier alpha value is -2.47. The van der Waals surface area contributed by atoms with Gasteiger partial charge >= 0.3 is 0 Å². The van der Waals surface area contributed by atoms with Crippen LogP contribution in [0.15, 0.2) is 30.3 Å². The highest BCUT2D eigenvalue weighted by molar-refractivity contribution is 5.39. The van der Waals surface area contributed by atoms with Gasteiger partial charge in [-0.05, 0) is 32.3 Å². The van der Waals surface area contributed by atoms with E-state index in [0.717, 1.165) is 41.4 Å². The van der Waals surface area contributed by atoms with Crippen molar-refractivity contribution < 1.29 is 5.11 Å². The fourth-order valence-electron chi connectivity index (χ4n) is 3.50. The molecular weight excluding hydrogens is 314 g/mol. The van der Waals surface area contributed by atoms with E-state index in [4.69, 9.17) is 10.1 Å². The molecule has 0 atom stereocenters. The largest absolute Gasteiger partial charge is 0.394 e. The lowest BCUT2D eigenvalue weighted by Gasteiger charge is -2.11. The maximum Gasteiger partial charge on any atom is 0.161 e. The molecule has 1 aliphatic carbocycles. The Kier molecular flexibility index (Phi) is 3.92. The van der Waals surface area contributed by atoms with Crippen molar-refractivity contribution in [2.24, 2.45) is 0 Å². The highest BCUT2D eigenvalue weighted by Gasteiger charge is 2.49. The zero-order valence-electron chi connectivity index (χ0n) is 14.7. The maximum atomic E-state index is 9.42. The number of nitrogens with one attached hydrogen (secondary N) is 1. The molecular formula is C19H23N5O. The first-order valence-corrected chi connectivity index (χ1v) is 8.75. The summed E-state index contributed by atoms with van der Waals surface area (Å²) in [5.41, 5.74) is 4.42. The zero-order chi connectivity index (χ0) is 17.4. The average Bonchev–Trinajstić information content (AvgIpc) is 3.26. The van der Waals surface area contributed by atoms with Crippen LogP contribution in [0.2, 0.25) is 0 Å². The van der Waals surface area contributed by atoms with Crippen molar-refractivity contribution in [2.75, 3.05) is 6.61 Å². The Labute approximate surface area is 146 Å². The molecule has 1 aliphatic rings. The minimum Gasteiger partial charge on any atom is -0.394 e. The number of benzene rings is 1. The maximum absolute atomic E-state index is 9.42. The van der Waals surface area contributed by atoms with E-state index in [1.807, 2.05) is 24.6 Å². The van der Waals surface area contributed by atoms with E-state index in [2.05, 4.69) is 34.5 Å². The minimum absolute atomic E-state index is 0.0531. The third kappa shape index (κ3) is 2.76. The number of nitrogens with zero attached hydrogens (tertiary/aromatic N) is 4. The van der Waals surface area contributed by atoms with Gasteiger partial charge in [-0.25, -0.2) is 9.67 Å². The van der Waals surface area contributed by atoms with Crippen molar-refractivity contribution in [3.63, 3.8) is 0 Å². The molecule has 4 rings (SSSR count). The van der Waals surface area contributed by atoms with Crippen LogP contribution in [0.5, 0.6) is 0 Å². The minimum atomic E-state index is -0.0583. The predicted molar refractivity (Wildman–Crippen MR) is 94.4 cm³/mol. The second-order valence-electron chi connectivity index (χ2n) is 6.84. The van der Waals surface area contributed by atoms with E-state index < -0.39 is 0 Å². The van der Waals surface area contributed by atoms with Gasteiger partial charge in [0.2, 0.25) is 0 Å². The summed E-state index contributed by atoms with van der Waals surface area (Å²) in [4.78, 5) is 4.90. The highest BCUT2D eigenvalue weighted by Crippen LogP contribution is 2.52. The molecule has 1 aromatic carbocycles. The lowest BCUT2D eigenvalue weighted by Crippen LogP contribution is -2.12. The monoisotopic (exact) mass is 337 g/mol. The number of aryl methyl sites for hydroxylation is 2. The fraction of sp³-hybridized carbons (Fsp3) is 0.421. The molecule has 0 bridgehead atoms. The van der Waals surface area contributed by atoms with Crippen LogP contribution < -0.4 is 0 Å². The Bertz CT molecular complexity index is 857. The molecule has 0 radical (unpaired) electrons. The molecule has 3 aromatic rings. The molecule has 6 nitrogen and oxygen atoms in total. The van der Waals surface area contributed by atoms with Gasteiger partial charge in [0.1, 0.15) is 5.82 Å². The molecule has 1 fully saturated rings. The molecule has 2 aromatic heterocycles. The molecule has 0 amide bonds. The molecule has 1 saturated carbocycles. The van der Waals surface area contributed by atoms with Gasteiger partial charge in [-0.15, -0.1) is 0 Å². The normalized spacial score (nSPS) is 15.5. The van der Waals surface area contributed by atoms with Crippen LogP contribution in [0.3, 0.4) is 0 Å². The van der Waals surface area contributed by atoms with Gasteiger partial charge in [0.25, 0.3) is 0 Å². The number of aliphatic hydroxyl groups is 1. The Morgan fingerprint density at radius 2 is 1.96 bits per heavy atom. The first kappa shape index (κ1) is 16.0. The molecule has 0 unspecified atom stereocenters. The van der Waals surface area contributed by atoms with E-state index in [0.29, 0.717) is 13.0 Å². The van der Waals surface area contributed by atoms with Gasteiger partial charge < -0.3 is 5.11 Å². The number of rotatable bonds is 6. The SMILES string of the molecule is Cc1n[nH]c(C)c1Cc1nc(C2(c3ccccc3)CC2)nn1CCO. The van der Waals surface area contributed by atoms with Gasteiger partial charge in [-0.1, -0.05) is 30.3 Å². The molecule has 6 heteroatoms. The average molecular weight is 337 g/mol. The van der Waals surface area contributed by atoms with Crippen molar-refractivity contribution in [1.82, 2.24) is 25.0 Å². The van der Waals surface area contributed by atoms with Crippen LogP contribution in [0.1, 0.15) is 47.0 Å². The molecule has 0 saturated heterocycles. The molecule has 2 N–H and O–H groups in total. The van der Waals surface area contributed by atoms with Crippen molar-refractivity contribution in [1.29, 1.82) is 0 Å². The van der Waals surface area contributed by atoms with Crippen molar-refractivity contribution in [3.05, 3.63) is 64.5 Å². The van der Waals surface area contributed by atoms with Gasteiger partial charge in [-0.3, -0.25) is 5.10 Å². The second kappa shape index (κ2) is 6.11. The van der Waals surface area contributed by atoms with E-state index in [1.165, 1.54) is 5.56 Å². The lowest BCUT2D eigenvalue weighted by atomic mass is 9.95. The Morgan fingerprint density at radius 1 is 1.20 bits per heavy atom. The number of hydrogen-bond donors (Lipinski definition) is 2. The van der Waals surface area contributed by atoms with Gasteiger partial charge in [0.05, 0.1) is 24.3 Å². The molecule has 0 spiro atoms. The number of hydrogen-bond acceptors (Lipinski definition) is 4. The summed E-state index contributed by atoms with van der Waals surface area (Å²) in [6, 6.07) is 10.5.